The summed E-state index contributed by atoms with van der Waals surface area (Å²) in [5, 5.41) is 9.79. The summed E-state index contributed by atoms with van der Waals surface area (Å²) in [4.78, 5) is 22.8. The molecule has 4 rings (SSSR count). The Balaban J connectivity index is 1.61. The summed E-state index contributed by atoms with van der Waals surface area (Å²) < 4.78 is 2.14. The van der Waals surface area contributed by atoms with Gasteiger partial charge in [-0.2, -0.15) is 0 Å². The molecule has 6 nitrogen and oxygen atoms in total. The van der Waals surface area contributed by atoms with E-state index in [2.05, 4.69) is 52.9 Å². The summed E-state index contributed by atoms with van der Waals surface area (Å²) in [5.41, 5.74) is 1.41. The van der Waals surface area contributed by atoms with E-state index in [1.807, 2.05) is 12.1 Å². The molecule has 156 valence electrons. The molecule has 0 bridgehead atoms. The minimum Gasteiger partial charge on any atom is -0.378 e. The van der Waals surface area contributed by atoms with Gasteiger partial charge in [-0.15, -0.1) is 11.3 Å². The predicted octanol–water partition coefficient (Wildman–Crippen LogP) is 2.71. The highest BCUT2D eigenvalue weighted by Gasteiger charge is 2.24. The molecule has 2 aromatic heterocycles. The van der Waals surface area contributed by atoms with Gasteiger partial charge in [-0.1, -0.05) is 11.8 Å². The first-order chi connectivity index (χ1) is 14.2. The van der Waals surface area contributed by atoms with Gasteiger partial charge < -0.3 is 14.9 Å². The molecule has 0 unspecified atom stereocenters. The van der Waals surface area contributed by atoms with Crippen molar-refractivity contribution in [3.05, 3.63) is 51.9 Å². The highest BCUT2D eigenvalue weighted by molar-refractivity contribution is 7.19. The van der Waals surface area contributed by atoms with Crippen LogP contribution in [0.5, 0.6) is 0 Å². The number of rotatable bonds is 3. The van der Waals surface area contributed by atoms with Gasteiger partial charge in [-0.3, -0.25) is 9.36 Å². The molecule has 1 fully saturated rings. The van der Waals surface area contributed by atoms with Crippen molar-refractivity contribution in [1.82, 2.24) is 14.5 Å². The van der Waals surface area contributed by atoms with Crippen LogP contribution in [-0.4, -0.2) is 58.4 Å². The van der Waals surface area contributed by atoms with Crippen LogP contribution in [0.15, 0.2) is 41.5 Å². The Morgan fingerprint density at radius 2 is 1.93 bits per heavy atom. The fourth-order valence-electron chi connectivity index (χ4n) is 3.59. The van der Waals surface area contributed by atoms with E-state index in [0.717, 1.165) is 25.2 Å². The summed E-state index contributed by atoms with van der Waals surface area (Å²) in [6.07, 6.45) is 2.73. The van der Waals surface area contributed by atoms with Crippen molar-refractivity contribution in [3.8, 4) is 17.5 Å². The number of fused-ring (bicyclic) bond motifs is 1. The molecule has 1 aliphatic heterocycles. The molecule has 1 aliphatic rings. The normalized spacial score (nSPS) is 16.9. The Morgan fingerprint density at radius 3 is 2.57 bits per heavy atom. The molecule has 1 N–H and O–H groups in total. The topological polar surface area (TPSA) is 61.6 Å². The van der Waals surface area contributed by atoms with Crippen LogP contribution < -0.4 is 10.5 Å². The maximum absolute atomic E-state index is 13.0. The first kappa shape index (κ1) is 20.6. The molecule has 1 atom stereocenters. The standard InChI is InChI=1S/C23H26N4O2S/c1-23(2,29)11-9-19-13-20-21(30-19)22(28)27(15-24-20)17-7-5-16(6-8-17)26-12-10-18(14-26)25(3)4/h5-8,13,15,18,29H,10,12,14H2,1-4H3/t18-/m1/s1. The molecule has 0 amide bonds. The van der Waals surface area contributed by atoms with Crippen molar-refractivity contribution >= 4 is 27.2 Å². The highest BCUT2D eigenvalue weighted by atomic mass is 32.1. The van der Waals surface area contributed by atoms with E-state index in [0.29, 0.717) is 21.1 Å². The minimum absolute atomic E-state index is 0.108. The molecule has 30 heavy (non-hydrogen) atoms. The van der Waals surface area contributed by atoms with Crippen LogP contribution in [0.25, 0.3) is 15.9 Å². The summed E-state index contributed by atoms with van der Waals surface area (Å²) >= 11 is 1.31. The number of likely N-dealkylation sites (N-methyl/N-ethyl adjacent to an activating group) is 1. The minimum atomic E-state index is -1.08. The van der Waals surface area contributed by atoms with Gasteiger partial charge in [0.1, 0.15) is 16.6 Å². The fraction of sp³-hybridized carbons (Fsp3) is 0.391. The van der Waals surface area contributed by atoms with Crippen molar-refractivity contribution in [2.24, 2.45) is 0 Å². The van der Waals surface area contributed by atoms with Crippen molar-refractivity contribution in [3.63, 3.8) is 0 Å². The number of hydrogen-bond acceptors (Lipinski definition) is 6. The van der Waals surface area contributed by atoms with Crippen LogP contribution in [0.4, 0.5) is 5.69 Å². The molecule has 3 aromatic rings. The number of nitrogens with zero attached hydrogens (tertiary/aromatic N) is 4. The lowest BCUT2D eigenvalue weighted by Gasteiger charge is -2.22. The fourth-order valence-corrected chi connectivity index (χ4v) is 4.49. The zero-order valence-electron chi connectivity index (χ0n) is 17.7. The zero-order valence-corrected chi connectivity index (χ0v) is 18.5. The summed E-state index contributed by atoms with van der Waals surface area (Å²) in [5.74, 6) is 5.71. The van der Waals surface area contributed by atoms with Gasteiger partial charge in [0.25, 0.3) is 5.56 Å². The third kappa shape index (κ3) is 4.26. The predicted molar refractivity (Wildman–Crippen MR) is 123 cm³/mol. The third-order valence-corrected chi connectivity index (χ3v) is 6.34. The molecule has 1 saturated heterocycles. The molecule has 1 aromatic carbocycles. The summed E-state index contributed by atoms with van der Waals surface area (Å²) in [7, 11) is 4.25. The maximum Gasteiger partial charge on any atom is 0.275 e. The average Bonchev–Trinajstić information content (AvgIpc) is 3.34. The van der Waals surface area contributed by atoms with Gasteiger partial charge in [0, 0.05) is 24.8 Å². The second kappa shape index (κ2) is 7.88. The lowest BCUT2D eigenvalue weighted by molar-refractivity contribution is 0.143. The van der Waals surface area contributed by atoms with Crippen LogP contribution >= 0.6 is 11.3 Å². The van der Waals surface area contributed by atoms with Crippen LogP contribution in [0, 0.1) is 11.8 Å². The largest absolute Gasteiger partial charge is 0.378 e. The van der Waals surface area contributed by atoms with Crippen LogP contribution in [0.3, 0.4) is 0 Å². The van der Waals surface area contributed by atoms with E-state index in [9.17, 15) is 9.90 Å². The van der Waals surface area contributed by atoms with Crippen LogP contribution in [0.2, 0.25) is 0 Å². The van der Waals surface area contributed by atoms with E-state index in [4.69, 9.17) is 0 Å². The van der Waals surface area contributed by atoms with Gasteiger partial charge in [0.15, 0.2) is 0 Å². The first-order valence-electron chi connectivity index (χ1n) is 10.00. The van der Waals surface area contributed by atoms with Gasteiger partial charge in [-0.05, 0) is 64.7 Å². The van der Waals surface area contributed by atoms with Crippen molar-refractivity contribution in [1.29, 1.82) is 0 Å². The molecule has 0 spiro atoms. The summed E-state index contributed by atoms with van der Waals surface area (Å²) in [6, 6.07) is 10.4. The zero-order chi connectivity index (χ0) is 21.5. The smallest absolute Gasteiger partial charge is 0.275 e. The third-order valence-electron chi connectivity index (χ3n) is 5.32. The SMILES string of the molecule is CN(C)[C@@H]1CCN(c2ccc(-n3cnc4cc(C#CC(C)(C)O)sc4c3=O)cc2)C1. The van der Waals surface area contributed by atoms with Gasteiger partial charge >= 0.3 is 0 Å². The molecular formula is C23H26N4O2S. The van der Waals surface area contributed by atoms with Crippen molar-refractivity contribution < 1.29 is 5.11 Å². The van der Waals surface area contributed by atoms with Crippen molar-refractivity contribution in [2.45, 2.75) is 31.9 Å². The number of hydrogen-bond donors (Lipinski definition) is 1. The number of benzene rings is 1. The number of aliphatic hydroxyl groups is 1. The molecule has 0 saturated carbocycles. The Hall–Kier alpha value is -2.66. The Kier molecular flexibility index (Phi) is 5.41. The lowest BCUT2D eigenvalue weighted by Crippen LogP contribution is -2.31. The quantitative estimate of drug-likeness (QED) is 0.658. The number of thiophene rings is 1. The highest BCUT2D eigenvalue weighted by Crippen LogP contribution is 2.24. The monoisotopic (exact) mass is 422 g/mol. The molecule has 0 aliphatic carbocycles. The van der Waals surface area contributed by atoms with Gasteiger partial charge in [-0.25, -0.2) is 4.98 Å². The second-order valence-electron chi connectivity index (χ2n) is 8.42. The second-order valence-corrected chi connectivity index (χ2v) is 9.47. The maximum atomic E-state index is 13.0. The average molecular weight is 423 g/mol. The van der Waals surface area contributed by atoms with E-state index in [1.165, 1.54) is 17.0 Å². The number of aromatic nitrogens is 2. The molecule has 3 heterocycles. The Morgan fingerprint density at radius 1 is 1.23 bits per heavy atom. The van der Waals surface area contributed by atoms with E-state index in [-0.39, 0.29) is 5.56 Å². The molecular weight excluding hydrogens is 396 g/mol. The van der Waals surface area contributed by atoms with E-state index in [1.54, 1.807) is 30.8 Å². The number of anilines is 1. The Labute approximate surface area is 180 Å². The van der Waals surface area contributed by atoms with Crippen LogP contribution in [0.1, 0.15) is 25.1 Å². The van der Waals surface area contributed by atoms with Crippen LogP contribution in [-0.2, 0) is 0 Å². The first-order valence-corrected chi connectivity index (χ1v) is 10.8. The van der Waals surface area contributed by atoms with Gasteiger partial charge in [0.05, 0.1) is 16.1 Å². The molecule has 0 radical (unpaired) electrons. The molecule has 7 heteroatoms. The van der Waals surface area contributed by atoms with Crippen molar-refractivity contribution in [2.75, 3.05) is 32.1 Å². The van der Waals surface area contributed by atoms with E-state index >= 15 is 0 Å². The van der Waals surface area contributed by atoms with E-state index < -0.39 is 5.60 Å². The lowest BCUT2D eigenvalue weighted by atomic mass is 10.1. The summed E-state index contributed by atoms with van der Waals surface area (Å²) in [6.45, 7) is 5.32. The Bertz CT molecular complexity index is 1180. The van der Waals surface area contributed by atoms with Gasteiger partial charge in [0.2, 0.25) is 0 Å².